The molecule has 54 heavy (non-hydrogen) atoms. The Morgan fingerprint density at radius 1 is 0.333 bits per heavy atom. The van der Waals surface area contributed by atoms with Crippen LogP contribution in [-0.2, 0) is 0 Å². The average Bonchev–Trinajstić information content (AvgIpc) is 3.26. The SMILES string of the molecule is [C-]#[N+]c1ccc(-c2cc(-c3nc(-c4ccccc4)nc(-c4ccccc4)n3)cc(-c3ccccc3-c3nc(-c4ccccc4)c4ccccc4n3)c2)cc1. The zero-order valence-electron chi connectivity index (χ0n) is 29.0. The molecule has 9 aromatic rings. The highest BCUT2D eigenvalue weighted by Crippen LogP contribution is 2.38. The van der Waals surface area contributed by atoms with Gasteiger partial charge in [-0.1, -0.05) is 158 Å². The van der Waals surface area contributed by atoms with Crippen molar-refractivity contribution in [2.75, 3.05) is 0 Å². The molecule has 0 spiro atoms. The lowest BCUT2D eigenvalue weighted by molar-refractivity contribution is 1.07. The molecule has 6 nitrogen and oxygen atoms in total. The topological polar surface area (TPSA) is 68.8 Å². The van der Waals surface area contributed by atoms with E-state index >= 15 is 0 Å². The molecule has 9 rings (SSSR count). The fourth-order valence-corrected chi connectivity index (χ4v) is 6.69. The largest absolute Gasteiger partial charge is 0.238 e. The molecule has 2 heterocycles. The van der Waals surface area contributed by atoms with Gasteiger partial charge in [0.25, 0.3) is 0 Å². The Hall–Kier alpha value is -7.62. The van der Waals surface area contributed by atoms with Gasteiger partial charge in [0.1, 0.15) is 0 Å². The lowest BCUT2D eigenvalue weighted by Gasteiger charge is -2.15. The first-order chi connectivity index (χ1) is 26.7. The van der Waals surface area contributed by atoms with E-state index in [1.807, 2.05) is 133 Å². The molecule has 0 saturated heterocycles. The minimum absolute atomic E-state index is 0.550. The molecule has 2 aromatic heterocycles. The van der Waals surface area contributed by atoms with Gasteiger partial charge in [-0.25, -0.2) is 29.8 Å². The van der Waals surface area contributed by atoms with Crippen LogP contribution in [0.25, 0.3) is 94.8 Å². The van der Waals surface area contributed by atoms with Crippen molar-refractivity contribution in [1.29, 1.82) is 0 Å². The maximum absolute atomic E-state index is 7.51. The van der Waals surface area contributed by atoms with Crippen LogP contribution in [0.3, 0.4) is 0 Å². The molecule has 0 bridgehead atoms. The van der Waals surface area contributed by atoms with Gasteiger partial charge in [0.2, 0.25) is 0 Å². The van der Waals surface area contributed by atoms with E-state index in [2.05, 4.69) is 53.4 Å². The maximum atomic E-state index is 7.51. The maximum Gasteiger partial charge on any atom is 0.187 e. The monoisotopic (exact) mass is 690 g/mol. The Bertz CT molecular complexity index is 2760. The first kappa shape index (κ1) is 32.3. The lowest BCUT2D eigenvalue weighted by atomic mass is 9.92. The molecule has 252 valence electrons. The van der Waals surface area contributed by atoms with Gasteiger partial charge in [-0.05, 0) is 46.5 Å². The van der Waals surface area contributed by atoms with Gasteiger partial charge in [0, 0.05) is 33.2 Å². The van der Waals surface area contributed by atoms with E-state index < -0.39 is 0 Å². The summed E-state index contributed by atoms with van der Waals surface area (Å²) in [4.78, 5) is 29.0. The van der Waals surface area contributed by atoms with Crippen LogP contribution in [0.2, 0.25) is 0 Å². The first-order valence-corrected chi connectivity index (χ1v) is 17.6. The van der Waals surface area contributed by atoms with Crippen LogP contribution in [0.5, 0.6) is 0 Å². The van der Waals surface area contributed by atoms with E-state index in [9.17, 15) is 0 Å². The quantitative estimate of drug-likeness (QED) is 0.156. The van der Waals surface area contributed by atoms with Crippen molar-refractivity contribution < 1.29 is 0 Å². The zero-order chi connectivity index (χ0) is 36.3. The molecule has 6 heteroatoms. The fraction of sp³-hybridized carbons (Fsp3) is 0. The summed E-state index contributed by atoms with van der Waals surface area (Å²) in [6.45, 7) is 7.51. The van der Waals surface area contributed by atoms with Crippen molar-refractivity contribution >= 4 is 16.6 Å². The van der Waals surface area contributed by atoms with E-state index in [1.54, 1.807) is 0 Å². The highest BCUT2D eigenvalue weighted by Gasteiger charge is 2.18. The summed E-state index contributed by atoms with van der Waals surface area (Å²) in [5.74, 6) is 2.36. The van der Waals surface area contributed by atoms with E-state index in [1.165, 1.54) is 0 Å². The minimum Gasteiger partial charge on any atom is -0.238 e. The van der Waals surface area contributed by atoms with Crippen molar-refractivity contribution in [3.05, 3.63) is 193 Å². The number of hydrogen-bond donors (Lipinski definition) is 0. The van der Waals surface area contributed by atoms with Crippen LogP contribution >= 0.6 is 0 Å². The van der Waals surface area contributed by atoms with Gasteiger partial charge in [-0.15, -0.1) is 0 Å². The summed E-state index contributed by atoms with van der Waals surface area (Å²) in [5, 5.41) is 0.996. The number of fused-ring (bicyclic) bond motifs is 1. The number of aromatic nitrogens is 5. The van der Waals surface area contributed by atoms with Gasteiger partial charge in [0.15, 0.2) is 29.0 Å². The van der Waals surface area contributed by atoms with Crippen molar-refractivity contribution in [2.45, 2.75) is 0 Å². The third-order valence-corrected chi connectivity index (χ3v) is 9.35. The van der Waals surface area contributed by atoms with Gasteiger partial charge in [0.05, 0.1) is 17.8 Å². The van der Waals surface area contributed by atoms with E-state index in [0.717, 1.165) is 66.7 Å². The van der Waals surface area contributed by atoms with Crippen LogP contribution in [0.15, 0.2) is 182 Å². The molecule has 0 fully saturated rings. The molecule has 0 atom stereocenters. The minimum atomic E-state index is 0.550. The number of hydrogen-bond acceptors (Lipinski definition) is 5. The van der Waals surface area contributed by atoms with Gasteiger partial charge >= 0.3 is 0 Å². The zero-order valence-corrected chi connectivity index (χ0v) is 29.0. The number of para-hydroxylation sites is 1. The number of benzene rings is 7. The number of rotatable bonds is 7. The molecular weight excluding hydrogens is 661 g/mol. The molecule has 0 aliphatic heterocycles. The van der Waals surface area contributed by atoms with Crippen molar-refractivity contribution in [2.24, 2.45) is 0 Å². The van der Waals surface area contributed by atoms with Crippen molar-refractivity contribution in [3.8, 4) is 79.1 Å². The summed E-state index contributed by atoms with van der Waals surface area (Å²) in [6, 6.07) is 60.7. The Morgan fingerprint density at radius 3 is 1.46 bits per heavy atom. The molecule has 0 aliphatic carbocycles. The van der Waals surface area contributed by atoms with E-state index in [0.29, 0.717) is 29.0 Å². The normalized spacial score (nSPS) is 10.9. The molecular formula is C48H30N6. The summed E-state index contributed by atoms with van der Waals surface area (Å²) in [5.41, 5.74) is 10.7. The number of nitrogens with zero attached hydrogens (tertiary/aromatic N) is 6. The van der Waals surface area contributed by atoms with E-state index in [-0.39, 0.29) is 0 Å². The second kappa shape index (κ2) is 14.2. The van der Waals surface area contributed by atoms with E-state index in [4.69, 9.17) is 31.5 Å². The fourth-order valence-electron chi connectivity index (χ4n) is 6.69. The Balaban J connectivity index is 1.27. The molecule has 0 saturated carbocycles. The molecule has 0 radical (unpaired) electrons. The van der Waals surface area contributed by atoms with Crippen LogP contribution < -0.4 is 0 Å². The molecule has 0 unspecified atom stereocenters. The Labute approximate surface area is 313 Å². The van der Waals surface area contributed by atoms with Crippen molar-refractivity contribution in [3.63, 3.8) is 0 Å². The standard InChI is InChI=1S/C48H30N6/c1-49-39-27-25-32(26-28-39)36-29-37(31-38(30-36)47-53-45(34-17-7-3-8-18-34)52-46(54-47)35-19-9-4-10-20-35)40-21-11-12-22-41(40)48-50-43-24-14-13-23-42(43)44(51-48)33-15-5-2-6-16-33/h2-31H. The smallest absolute Gasteiger partial charge is 0.187 e. The van der Waals surface area contributed by atoms with Crippen LogP contribution in [-0.4, -0.2) is 24.9 Å². The summed E-state index contributed by atoms with van der Waals surface area (Å²) in [6.07, 6.45) is 0. The van der Waals surface area contributed by atoms with Crippen LogP contribution in [0.1, 0.15) is 0 Å². The van der Waals surface area contributed by atoms with Crippen LogP contribution in [0, 0.1) is 6.57 Å². The average molecular weight is 691 g/mol. The van der Waals surface area contributed by atoms with Crippen molar-refractivity contribution in [1.82, 2.24) is 24.9 Å². The predicted molar refractivity (Wildman–Crippen MR) is 217 cm³/mol. The third kappa shape index (κ3) is 6.38. The second-order valence-electron chi connectivity index (χ2n) is 12.8. The van der Waals surface area contributed by atoms with Gasteiger partial charge in [-0.3, -0.25) is 0 Å². The Morgan fingerprint density at radius 2 is 0.833 bits per heavy atom. The summed E-state index contributed by atoms with van der Waals surface area (Å²) in [7, 11) is 0. The second-order valence-corrected chi connectivity index (χ2v) is 12.8. The van der Waals surface area contributed by atoms with Gasteiger partial charge < -0.3 is 0 Å². The molecule has 0 N–H and O–H groups in total. The highest BCUT2D eigenvalue weighted by atomic mass is 15.0. The molecule has 7 aromatic carbocycles. The lowest BCUT2D eigenvalue weighted by Crippen LogP contribution is -2.01. The first-order valence-electron chi connectivity index (χ1n) is 17.6. The Kier molecular flexibility index (Phi) is 8.48. The molecule has 0 amide bonds. The highest BCUT2D eigenvalue weighted by molar-refractivity contribution is 5.95. The predicted octanol–water partition coefficient (Wildman–Crippen LogP) is 12.0. The van der Waals surface area contributed by atoms with Crippen LogP contribution in [0.4, 0.5) is 5.69 Å². The third-order valence-electron chi connectivity index (χ3n) is 9.35. The van der Waals surface area contributed by atoms with Gasteiger partial charge in [-0.2, -0.15) is 0 Å². The molecule has 0 aliphatic rings. The summed E-state index contributed by atoms with van der Waals surface area (Å²) < 4.78 is 0. The summed E-state index contributed by atoms with van der Waals surface area (Å²) >= 11 is 0.